The van der Waals surface area contributed by atoms with Gasteiger partial charge in [-0.15, -0.1) is 0 Å². The molecular weight excluding hydrogens is 550 g/mol. The van der Waals surface area contributed by atoms with Crippen LogP contribution in [0.5, 0.6) is 0 Å². The summed E-state index contributed by atoms with van der Waals surface area (Å²) in [5.74, 6) is 0. The molecule has 1 aromatic carbocycles. The fourth-order valence-electron chi connectivity index (χ4n) is 0.671. The summed E-state index contributed by atoms with van der Waals surface area (Å²) in [6.07, 6.45) is 0. The van der Waals surface area contributed by atoms with Gasteiger partial charge in [-0.2, -0.15) is 24.6 Å². The third-order valence-electron chi connectivity index (χ3n) is 1.24. The van der Waals surface area contributed by atoms with Crippen LogP contribution in [0.2, 0.25) is 0 Å². The molecule has 1 rings (SSSR count). The zero-order valence-electron chi connectivity index (χ0n) is 12.3. The Morgan fingerprint density at radius 1 is 0.765 bits per heavy atom. The maximum atomic E-state index is 3.77. The molecule has 0 atom stereocenters. The summed E-state index contributed by atoms with van der Waals surface area (Å²) in [6.45, 7) is 15.8. The first-order valence-corrected chi connectivity index (χ1v) is 5.92. The average Bonchev–Trinajstić information content (AvgIpc) is 2.38. The normalized spacial score (nSPS) is 5.82. The van der Waals surface area contributed by atoms with Crippen LogP contribution in [0.25, 0.3) is 0 Å². The van der Waals surface area contributed by atoms with Crippen molar-refractivity contribution in [3.8, 4) is 0 Å². The van der Waals surface area contributed by atoms with Crippen LogP contribution >= 0.6 is 0 Å². The van der Waals surface area contributed by atoms with Gasteiger partial charge in [-0.3, -0.25) is 0 Å². The Bertz CT molecular complexity index is 186. The van der Waals surface area contributed by atoms with E-state index in [9.17, 15) is 0 Å². The van der Waals surface area contributed by atoms with Gasteiger partial charge in [-0.05, 0) is 0 Å². The fourth-order valence-corrected chi connectivity index (χ4v) is 0.671. The van der Waals surface area contributed by atoms with Gasteiger partial charge in [0.2, 0.25) is 0 Å². The molecule has 1 nitrogen and oxygen atoms in total. The van der Waals surface area contributed by atoms with Crippen molar-refractivity contribution in [2.75, 3.05) is 12.4 Å². The summed E-state index contributed by atoms with van der Waals surface area (Å²) in [4.78, 5) is 0. The molecule has 0 aromatic heterocycles. The van der Waals surface area contributed by atoms with Gasteiger partial charge in [0.1, 0.15) is 0 Å². The molecule has 1 N–H and O–H groups in total. The zero-order chi connectivity index (χ0) is 12.7. The molecule has 0 amide bonds. The molecule has 0 heterocycles. The van der Waals surface area contributed by atoms with E-state index in [1.165, 1.54) is 0 Å². The van der Waals surface area contributed by atoms with E-state index in [0.29, 0.717) is 0 Å². The van der Waals surface area contributed by atoms with Crippen molar-refractivity contribution in [2.24, 2.45) is 0 Å². The third kappa shape index (κ3) is 22.0. The molecule has 0 saturated heterocycles. The molecule has 17 heavy (non-hydrogen) atoms. The smallest absolute Gasteiger partial charge is 0.00914 e. The van der Waals surface area contributed by atoms with E-state index in [1.54, 1.807) is 0 Å². The largest absolute Gasteiger partial charge is 0.390 e. The van der Waals surface area contributed by atoms with Crippen molar-refractivity contribution < 1.29 is 42.1 Å². The van der Waals surface area contributed by atoms with Gasteiger partial charge in [-0.25, -0.2) is 0 Å². The second kappa shape index (κ2) is 29.9. The first kappa shape index (κ1) is 30.4. The molecular formula is C14H28NW2-. The maximum absolute atomic E-state index is 3.77. The first-order chi connectivity index (χ1) is 7.33. The third-order valence-corrected chi connectivity index (χ3v) is 1.24. The van der Waals surface area contributed by atoms with E-state index in [-0.39, 0.29) is 42.1 Å². The van der Waals surface area contributed by atoms with E-state index in [4.69, 9.17) is 0 Å². The average molecular weight is 578 g/mol. The molecule has 0 aliphatic heterocycles. The Kier molecular flexibility index (Phi) is 53.3. The summed E-state index contributed by atoms with van der Waals surface area (Å²) in [5, 5.41) is 3.03. The monoisotopic (exact) mass is 578 g/mol. The van der Waals surface area contributed by atoms with E-state index in [1.807, 2.05) is 72.9 Å². The standard InChI is InChI=1S/C8H10N.3C2H6.2W/c1-7-3-5-8(9-2)6-4-7;3*1-2;;/h3-6,9H,1H2,2H3;3*1-2H3;;/q-1;;;;;. The van der Waals surface area contributed by atoms with Crippen LogP contribution in [0.3, 0.4) is 0 Å². The Morgan fingerprint density at radius 3 is 1.29 bits per heavy atom. The van der Waals surface area contributed by atoms with Crippen LogP contribution in [-0.2, 0) is 42.1 Å². The second-order valence-corrected chi connectivity index (χ2v) is 1.95. The number of benzene rings is 1. The van der Waals surface area contributed by atoms with Gasteiger partial charge in [0, 0.05) is 54.9 Å². The quantitative estimate of drug-likeness (QED) is 0.464. The number of nitrogens with one attached hydrogen (secondary N) is 1. The molecule has 1 aromatic rings. The molecule has 102 valence electrons. The maximum Gasteiger partial charge on any atom is 0.00914 e. The van der Waals surface area contributed by atoms with Crippen LogP contribution in [0.15, 0.2) is 24.3 Å². The summed E-state index contributed by atoms with van der Waals surface area (Å²) in [7, 11) is 1.90. The fraction of sp³-hybridized carbons (Fsp3) is 0.500. The Morgan fingerprint density at radius 2 is 1.06 bits per heavy atom. The van der Waals surface area contributed by atoms with Gasteiger partial charge >= 0.3 is 0 Å². The first-order valence-electron chi connectivity index (χ1n) is 5.92. The minimum Gasteiger partial charge on any atom is -0.390 e. The van der Waals surface area contributed by atoms with Crippen molar-refractivity contribution in [3.63, 3.8) is 0 Å². The molecule has 0 fully saturated rings. The summed E-state index contributed by atoms with van der Waals surface area (Å²) >= 11 is 0. The molecule has 0 aliphatic rings. The van der Waals surface area contributed by atoms with Gasteiger partial charge in [0.05, 0.1) is 0 Å². The Labute approximate surface area is 138 Å². The SMILES string of the molecule is CC.CC.CC.[CH2-]c1ccc(NC)cc1.[W].[W]. The van der Waals surface area contributed by atoms with Crippen LogP contribution in [0, 0.1) is 6.92 Å². The molecule has 3 heteroatoms. The zero-order valence-corrected chi connectivity index (χ0v) is 18.2. The molecule has 0 unspecified atom stereocenters. The minimum absolute atomic E-state index is 0. The van der Waals surface area contributed by atoms with Gasteiger partial charge < -0.3 is 5.32 Å². The minimum atomic E-state index is 0. The van der Waals surface area contributed by atoms with Crippen molar-refractivity contribution in [1.82, 2.24) is 0 Å². The van der Waals surface area contributed by atoms with E-state index >= 15 is 0 Å². The number of anilines is 1. The van der Waals surface area contributed by atoms with Crippen molar-refractivity contribution in [2.45, 2.75) is 41.5 Å². The summed E-state index contributed by atoms with van der Waals surface area (Å²) in [6, 6.07) is 7.96. The van der Waals surface area contributed by atoms with Crippen LogP contribution in [0.4, 0.5) is 5.69 Å². The summed E-state index contributed by atoms with van der Waals surface area (Å²) in [5.41, 5.74) is 2.18. The Balaban J connectivity index is -0.0000000530. The van der Waals surface area contributed by atoms with Gasteiger partial charge in [0.15, 0.2) is 0 Å². The van der Waals surface area contributed by atoms with E-state index < -0.39 is 0 Å². The number of hydrogen-bond donors (Lipinski definition) is 1. The van der Waals surface area contributed by atoms with Gasteiger partial charge in [0.25, 0.3) is 0 Å². The van der Waals surface area contributed by atoms with E-state index in [0.717, 1.165) is 11.3 Å². The number of hydrogen-bond acceptors (Lipinski definition) is 1. The second-order valence-electron chi connectivity index (χ2n) is 1.95. The summed E-state index contributed by atoms with van der Waals surface area (Å²) < 4.78 is 0. The predicted octanol–water partition coefficient (Wildman–Crippen LogP) is 4.98. The molecule has 0 radical (unpaired) electrons. The van der Waals surface area contributed by atoms with Crippen molar-refractivity contribution in [1.29, 1.82) is 0 Å². The predicted molar refractivity (Wildman–Crippen MR) is 74.5 cm³/mol. The molecule has 0 saturated carbocycles. The topological polar surface area (TPSA) is 12.0 Å². The van der Waals surface area contributed by atoms with Crippen LogP contribution in [0.1, 0.15) is 47.1 Å². The Hall–Kier alpha value is 0.267. The van der Waals surface area contributed by atoms with Crippen molar-refractivity contribution in [3.05, 3.63) is 36.8 Å². The molecule has 0 aliphatic carbocycles. The van der Waals surface area contributed by atoms with Crippen LogP contribution in [-0.4, -0.2) is 7.05 Å². The molecule has 0 spiro atoms. The number of rotatable bonds is 1. The van der Waals surface area contributed by atoms with Crippen LogP contribution < -0.4 is 5.32 Å². The molecule has 0 bridgehead atoms. The van der Waals surface area contributed by atoms with E-state index in [2.05, 4.69) is 12.2 Å². The van der Waals surface area contributed by atoms with Crippen molar-refractivity contribution >= 4 is 5.69 Å². The van der Waals surface area contributed by atoms with Gasteiger partial charge in [-0.1, -0.05) is 53.7 Å².